The number of nitriles is 1. The molecule has 4 rings (SSSR count). The summed E-state index contributed by atoms with van der Waals surface area (Å²) >= 11 is 3.26. The van der Waals surface area contributed by atoms with Crippen LogP contribution in [-0.2, 0) is 0 Å². The summed E-state index contributed by atoms with van der Waals surface area (Å²) in [5.74, 6) is 0.240. The number of carbonyl (C=O) groups is 2. The van der Waals surface area contributed by atoms with Gasteiger partial charge in [0.05, 0.1) is 16.5 Å². The molecule has 2 aliphatic rings. The number of aryl methyl sites for hydroxylation is 1. The van der Waals surface area contributed by atoms with Crippen LogP contribution in [0.3, 0.4) is 0 Å². The van der Waals surface area contributed by atoms with E-state index in [0.29, 0.717) is 10.0 Å². The second-order valence-corrected chi connectivity index (χ2v) is 10.9. The monoisotopic (exact) mass is 601 g/mol. The van der Waals surface area contributed by atoms with Crippen LogP contribution in [0.4, 0.5) is 5.82 Å². The molecule has 216 valence electrons. The number of amides is 2. The van der Waals surface area contributed by atoms with Crippen LogP contribution >= 0.6 is 15.9 Å². The van der Waals surface area contributed by atoms with Crippen molar-refractivity contribution in [1.82, 2.24) is 15.5 Å². The van der Waals surface area contributed by atoms with Crippen LogP contribution in [0.5, 0.6) is 0 Å². The van der Waals surface area contributed by atoms with Crippen molar-refractivity contribution in [3.63, 3.8) is 0 Å². The topological polar surface area (TPSA) is 111 Å². The Morgan fingerprint density at radius 3 is 2.05 bits per heavy atom. The molecule has 2 saturated carbocycles. The molecule has 1 atom stereocenters. The minimum atomic E-state index is -0.409. The first kappa shape index (κ1) is 34.4. The highest BCUT2D eigenvalue weighted by Gasteiger charge is 2.20. The number of H-pyrrole nitrogens is 1. The molecular formula is C31H48BrN5O2. The maximum Gasteiger partial charge on any atom is 0.270 e. The van der Waals surface area contributed by atoms with Crippen molar-refractivity contribution in [3.8, 4) is 6.07 Å². The smallest absolute Gasteiger partial charge is 0.270 e. The molecule has 0 saturated heterocycles. The lowest BCUT2D eigenvalue weighted by Gasteiger charge is -2.15. The molecule has 2 aliphatic carbocycles. The highest BCUT2D eigenvalue weighted by atomic mass is 79.9. The average Bonchev–Trinajstić information content (AvgIpc) is 3.34. The molecular weight excluding hydrogens is 554 g/mol. The molecule has 0 spiro atoms. The predicted octanol–water partition coefficient (Wildman–Crippen LogP) is 8.58. The molecule has 3 N–H and O–H groups in total. The van der Waals surface area contributed by atoms with E-state index in [9.17, 15) is 9.59 Å². The normalized spacial score (nSPS) is 15.4. The first-order valence-corrected chi connectivity index (χ1v) is 15.4. The van der Waals surface area contributed by atoms with Crippen LogP contribution in [0.25, 0.3) is 0 Å². The van der Waals surface area contributed by atoms with Crippen molar-refractivity contribution >= 4 is 33.6 Å². The van der Waals surface area contributed by atoms with E-state index in [-0.39, 0.29) is 29.9 Å². The van der Waals surface area contributed by atoms with E-state index < -0.39 is 5.91 Å². The number of rotatable bonds is 5. The Morgan fingerprint density at radius 1 is 1.03 bits per heavy atom. The summed E-state index contributed by atoms with van der Waals surface area (Å²) in [4.78, 5) is 24.4. The number of nitrogens with zero attached hydrogens (tertiary/aromatic N) is 2. The van der Waals surface area contributed by atoms with Crippen LogP contribution in [0.2, 0.25) is 0 Å². The highest BCUT2D eigenvalue weighted by molar-refractivity contribution is 9.10. The Morgan fingerprint density at radius 2 is 1.56 bits per heavy atom. The van der Waals surface area contributed by atoms with Gasteiger partial charge in [0.2, 0.25) is 0 Å². The van der Waals surface area contributed by atoms with Crippen molar-refractivity contribution in [2.75, 3.05) is 11.9 Å². The quantitative estimate of drug-likeness (QED) is 0.318. The number of hydrogen-bond acceptors (Lipinski definition) is 4. The lowest BCUT2D eigenvalue weighted by atomic mass is 9.91. The van der Waals surface area contributed by atoms with Gasteiger partial charge >= 0.3 is 0 Å². The third kappa shape index (κ3) is 13.3. The maximum absolute atomic E-state index is 12.3. The molecule has 1 unspecified atom stereocenters. The fraction of sp³-hybridized carbons (Fsp3) is 0.613. The summed E-state index contributed by atoms with van der Waals surface area (Å²) in [6, 6.07) is 9.20. The van der Waals surface area contributed by atoms with Gasteiger partial charge in [-0.1, -0.05) is 110 Å². The first-order valence-electron chi connectivity index (χ1n) is 14.6. The number of benzene rings is 1. The molecule has 2 fully saturated rings. The van der Waals surface area contributed by atoms with Gasteiger partial charge in [-0.25, -0.2) is 0 Å². The Hall–Kier alpha value is -2.66. The fourth-order valence-corrected chi connectivity index (χ4v) is 4.77. The van der Waals surface area contributed by atoms with Gasteiger partial charge in [-0.2, -0.15) is 10.4 Å². The van der Waals surface area contributed by atoms with E-state index in [1.807, 2.05) is 39.0 Å². The van der Waals surface area contributed by atoms with E-state index in [1.54, 1.807) is 19.1 Å². The van der Waals surface area contributed by atoms with Crippen molar-refractivity contribution < 1.29 is 9.59 Å². The van der Waals surface area contributed by atoms with E-state index in [2.05, 4.69) is 43.7 Å². The predicted molar refractivity (Wildman–Crippen MR) is 164 cm³/mol. The van der Waals surface area contributed by atoms with Gasteiger partial charge in [-0.3, -0.25) is 14.7 Å². The molecule has 2 amide bonds. The van der Waals surface area contributed by atoms with Gasteiger partial charge < -0.3 is 10.6 Å². The van der Waals surface area contributed by atoms with E-state index in [0.717, 1.165) is 11.5 Å². The summed E-state index contributed by atoms with van der Waals surface area (Å²) in [6.45, 7) is 10.1. The molecule has 1 heterocycles. The Bertz CT molecular complexity index is 1010. The lowest BCUT2D eigenvalue weighted by molar-refractivity contribution is 0.0944. The first-order chi connectivity index (χ1) is 18.8. The second-order valence-electron chi connectivity index (χ2n) is 10.1. The number of aromatic amines is 1. The van der Waals surface area contributed by atoms with Gasteiger partial charge in [0.25, 0.3) is 11.8 Å². The van der Waals surface area contributed by atoms with Crippen LogP contribution in [-0.4, -0.2) is 28.6 Å². The Balaban J connectivity index is 0.000000408. The van der Waals surface area contributed by atoms with Gasteiger partial charge in [-0.05, 0) is 47.3 Å². The largest absolute Gasteiger partial charge is 0.349 e. The van der Waals surface area contributed by atoms with Crippen LogP contribution < -0.4 is 10.6 Å². The number of halogens is 1. The van der Waals surface area contributed by atoms with Gasteiger partial charge in [0, 0.05) is 12.1 Å². The average molecular weight is 603 g/mol. The molecule has 39 heavy (non-hydrogen) atoms. The minimum absolute atomic E-state index is 0.181. The lowest BCUT2D eigenvalue weighted by Crippen LogP contribution is -2.28. The minimum Gasteiger partial charge on any atom is -0.349 e. The van der Waals surface area contributed by atoms with Crippen LogP contribution in [0, 0.1) is 30.1 Å². The maximum atomic E-state index is 12.3. The Kier molecular flexibility index (Phi) is 17.9. The SMILES string of the molecule is C1CCCCC1.CC.CC1CCCCC1.Cc1ccccc1C(=O)Nc1n[nH]c(C(=O)NCC(C)C#N)c1Br. The summed E-state index contributed by atoms with van der Waals surface area (Å²) in [5.41, 5.74) is 1.55. The van der Waals surface area contributed by atoms with E-state index >= 15 is 0 Å². The number of hydrogen-bond donors (Lipinski definition) is 3. The summed E-state index contributed by atoms with van der Waals surface area (Å²) in [6.07, 6.45) is 16.4. The summed E-state index contributed by atoms with van der Waals surface area (Å²) in [7, 11) is 0. The Labute approximate surface area is 244 Å². The van der Waals surface area contributed by atoms with Gasteiger partial charge in [-0.15, -0.1) is 0 Å². The standard InChI is InChI=1S/C16H16BrN5O2.C7H14.C6H12.C2H6/c1-9(7-18)8-19-16(24)13-12(17)14(22-21-13)20-15(23)11-6-4-3-5-10(11)2;1-7-5-3-2-4-6-7;1-2-4-6-5-3-1;1-2/h3-6,9H,8H2,1-2H3,(H,19,24)(H2,20,21,22,23);7H,2-6H2,1H3;1-6H2;1-2H3. The zero-order valence-corrected chi connectivity index (χ0v) is 26.1. The number of carbonyl (C=O) groups excluding carboxylic acids is 2. The molecule has 1 aromatic carbocycles. The molecule has 7 nitrogen and oxygen atoms in total. The van der Waals surface area contributed by atoms with Crippen LogP contribution in [0.15, 0.2) is 28.7 Å². The van der Waals surface area contributed by atoms with Gasteiger partial charge in [0.15, 0.2) is 5.82 Å². The van der Waals surface area contributed by atoms with Crippen molar-refractivity contribution in [2.24, 2.45) is 11.8 Å². The fourth-order valence-electron chi connectivity index (χ4n) is 4.31. The third-order valence-electron chi connectivity index (χ3n) is 6.74. The zero-order valence-electron chi connectivity index (χ0n) is 24.5. The van der Waals surface area contributed by atoms with Crippen molar-refractivity contribution in [3.05, 3.63) is 45.6 Å². The van der Waals surface area contributed by atoms with Gasteiger partial charge in [0.1, 0.15) is 5.69 Å². The molecule has 0 radical (unpaired) electrons. The molecule has 0 bridgehead atoms. The number of anilines is 1. The summed E-state index contributed by atoms with van der Waals surface area (Å²) < 4.78 is 0.353. The highest BCUT2D eigenvalue weighted by Crippen LogP contribution is 2.25. The third-order valence-corrected chi connectivity index (χ3v) is 7.51. The van der Waals surface area contributed by atoms with Crippen molar-refractivity contribution in [1.29, 1.82) is 5.26 Å². The molecule has 1 aromatic heterocycles. The van der Waals surface area contributed by atoms with Crippen LogP contribution in [0.1, 0.15) is 125 Å². The summed E-state index contributed by atoms with van der Waals surface area (Å²) in [5, 5.41) is 20.5. The number of nitrogens with one attached hydrogen (secondary N) is 3. The number of aromatic nitrogens is 2. The second kappa shape index (κ2) is 20.3. The molecule has 2 aromatic rings. The van der Waals surface area contributed by atoms with Crippen molar-refractivity contribution in [2.45, 2.75) is 105 Å². The van der Waals surface area contributed by atoms with E-state index in [1.165, 1.54) is 70.6 Å². The molecule has 8 heteroatoms. The zero-order chi connectivity index (χ0) is 29.0. The van der Waals surface area contributed by atoms with E-state index in [4.69, 9.17) is 5.26 Å². The molecule has 0 aliphatic heterocycles.